The number of sulfone groups is 1. The van der Waals surface area contributed by atoms with Gasteiger partial charge in [0.05, 0.1) is 5.75 Å². The van der Waals surface area contributed by atoms with Gasteiger partial charge in [0.15, 0.2) is 9.84 Å². The van der Waals surface area contributed by atoms with Crippen molar-refractivity contribution in [2.45, 2.75) is 13.3 Å². The van der Waals surface area contributed by atoms with Crippen LogP contribution in [0.25, 0.3) is 0 Å². The van der Waals surface area contributed by atoms with Gasteiger partial charge < -0.3 is 15.8 Å². The smallest absolute Gasteiger partial charge is 0.239 e. The zero-order chi connectivity index (χ0) is 15.0. The molecule has 0 saturated carbocycles. The van der Waals surface area contributed by atoms with Crippen LogP contribution in [-0.2, 0) is 14.6 Å². The van der Waals surface area contributed by atoms with E-state index in [2.05, 4.69) is 5.32 Å². The molecule has 0 saturated heterocycles. The number of benzene rings is 1. The van der Waals surface area contributed by atoms with Crippen LogP contribution >= 0.6 is 12.4 Å². The number of nitrogens with one attached hydrogen (secondary N) is 1. The van der Waals surface area contributed by atoms with Gasteiger partial charge in [0.25, 0.3) is 0 Å². The van der Waals surface area contributed by atoms with E-state index in [4.69, 9.17) is 10.5 Å². The van der Waals surface area contributed by atoms with Gasteiger partial charge >= 0.3 is 0 Å². The summed E-state index contributed by atoms with van der Waals surface area (Å²) in [6.07, 6.45) is 0.503. The fraction of sp³-hybridized carbons (Fsp3) is 0.462. The van der Waals surface area contributed by atoms with Crippen molar-refractivity contribution in [3.8, 4) is 5.75 Å². The molecule has 3 N–H and O–H groups in total. The first kappa shape index (κ1) is 19.7. The maximum absolute atomic E-state index is 11.6. The standard InChI is InChI=1S/C13H20N2O4S.ClH/c1-2-9-20(17,18)10-13(16)15-11-3-5-12(6-4-11)19-8-7-14;/h3-6H,2,7-10,14H2,1H3,(H,15,16);1H. The molecule has 0 aromatic heterocycles. The first-order chi connectivity index (χ1) is 9.46. The Hall–Kier alpha value is -1.31. The molecule has 6 nitrogen and oxygen atoms in total. The average Bonchev–Trinajstić information content (AvgIpc) is 2.37. The number of carbonyl (C=O) groups excluding carboxylic acids is 1. The maximum atomic E-state index is 11.6. The number of rotatable bonds is 8. The van der Waals surface area contributed by atoms with Crippen molar-refractivity contribution in [2.75, 3.05) is 30.0 Å². The minimum Gasteiger partial charge on any atom is -0.492 e. The number of halogens is 1. The van der Waals surface area contributed by atoms with Crippen molar-refractivity contribution in [1.29, 1.82) is 0 Å². The van der Waals surface area contributed by atoms with E-state index in [1.807, 2.05) is 0 Å². The number of amides is 1. The lowest BCUT2D eigenvalue weighted by atomic mass is 10.3. The van der Waals surface area contributed by atoms with E-state index in [9.17, 15) is 13.2 Å². The van der Waals surface area contributed by atoms with Crippen molar-refractivity contribution in [3.63, 3.8) is 0 Å². The second kappa shape index (κ2) is 9.59. The second-order valence-corrected chi connectivity index (χ2v) is 6.49. The third kappa shape index (κ3) is 7.89. The van der Waals surface area contributed by atoms with E-state index >= 15 is 0 Å². The molecule has 1 aromatic rings. The Labute approximate surface area is 131 Å². The minimum absolute atomic E-state index is 0. The quantitative estimate of drug-likeness (QED) is 0.743. The van der Waals surface area contributed by atoms with Gasteiger partial charge in [0.1, 0.15) is 18.1 Å². The van der Waals surface area contributed by atoms with Crippen LogP contribution in [0.15, 0.2) is 24.3 Å². The molecule has 0 aliphatic heterocycles. The predicted molar refractivity (Wildman–Crippen MR) is 85.8 cm³/mol. The third-order valence-corrected chi connectivity index (χ3v) is 4.12. The van der Waals surface area contributed by atoms with E-state index in [1.165, 1.54) is 0 Å². The molecule has 0 fully saturated rings. The topological polar surface area (TPSA) is 98.5 Å². The summed E-state index contributed by atoms with van der Waals surface area (Å²) < 4.78 is 28.3. The molecule has 0 aliphatic carbocycles. The molecule has 0 radical (unpaired) electrons. The maximum Gasteiger partial charge on any atom is 0.239 e. The van der Waals surface area contributed by atoms with E-state index in [-0.39, 0.29) is 18.2 Å². The molecule has 1 rings (SSSR count). The fourth-order valence-electron chi connectivity index (χ4n) is 1.59. The lowest BCUT2D eigenvalue weighted by Crippen LogP contribution is -2.24. The summed E-state index contributed by atoms with van der Waals surface area (Å²) in [6, 6.07) is 6.67. The van der Waals surface area contributed by atoms with Gasteiger partial charge in [-0.2, -0.15) is 0 Å². The first-order valence-corrected chi connectivity index (χ1v) is 8.22. The van der Waals surface area contributed by atoms with E-state index in [0.717, 1.165) is 0 Å². The summed E-state index contributed by atoms with van der Waals surface area (Å²) in [5.74, 6) is -0.362. The monoisotopic (exact) mass is 336 g/mol. The molecule has 8 heteroatoms. The van der Waals surface area contributed by atoms with Crippen LogP contribution in [0.2, 0.25) is 0 Å². The molecule has 0 aliphatic rings. The Morgan fingerprint density at radius 3 is 2.43 bits per heavy atom. The zero-order valence-corrected chi connectivity index (χ0v) is 13.5. The van der Waals surface area contributed by atoms with E-state index < -0.39 is 21.5 Å². The largest absolute Gasteiger partial charge is 0.492 e. The highest BCUT2D eigenvalue weighted by atomic mass is 35.5. The summed E-state index contributed by atoms with van der Waals surface area (Å²) in [7, 11) is -3.32. The Morgan fingerprint density at radius 2 is 1.90 bits per heavy atom. The number of nitrogens with two attached hydrogens (primary N) is 1. The zero-order valence-electron chi connectivity index (χ0n) is 11.9. The van der Waals surface area contributed by atoms with Crippen molar-refractivity contribution in [2.24, 2.45) is 5.73 Å². The molecule has 0 unspecified atom stereocenters. The van der Waals surface area contributed by atoms with Crippen LogP contribution in [0, 0.1) is 0 Å². The van der Waals surface area contributed by atoms with Crippen molar-refractivity contribution < 1.29 is 17.9 Å². The van der Waals surface area contributed by atoms with Gasteiger partial charge in [-0.3, -0.25) is 4.79 Å². The summed E-state index contributed by atoms with van der Waals surface area (Å²) in [5.41, 5.74) is 5.85. The Balaban J connectivity index is 0.00000400. The molecule has 0 spiro atoms. The molecule has 0 heterocycles. The molecule has 0 atom stereocenters. The summed E-state index contributed by atoms with van der Waals surface area (Å²) >= 11 is 0. The average molecular weight is 337 g/mol. The van der Waals surface area contributed by atoms with Gasteiger partial charge in [-0.05, 0) is 30.7 Å². The third-order valence-electron chi connectivity index (χ3n) is 2.39. The second-order valence-electron chi connectivity index (χ2n) is 4.30. The van der Waals surface area contributed by atoms with Gasteiger partial charge in [0.2, 0.25) is 5.91 Å². The number of ether oxygens (including phenoxy) is 1. The number of carbonyl (C=O) groups is 1. The molecule has 120 valence electrons. The van der Waals surface area contributed by atoms with Crippen LogP contribution in [0.4, 0.5) is 5.69 Å². The first-order valence-electron chi connectivity index (χ1n) is 6.40. The fourth-order valence-corrected chi connectivity index (χ4v) is 2.83. The van der Waals surface area contributed by atoms with Crippen LogP contribution < -0.4 is 15.8 Å². The van der Waals surface area contributed by atoms with Gasteiger partial charge in [-0.1, -0.05) is 6.92 Å². The Bertz CT molecular complexity index is 532. The Morgan fingerprint density at radius 1 is 1.29 bits per heavy atom. The number of anilines is 1. The van der Waals surface area contributed by atoms with Crippen molar-refractivity contribution >= 4 is 33.8 Å². The molecular formula is C13H21ClN2O4S. The van der Waals surface area contributed by atoms with Gasteiger partial charge in [-0.15, -0.1) is 12.4 Å². The van der Waals surface area contributed by atoms with Crippen LogP contribution in [-0.4, -0.2) is 39.0 Å². The molecule has 0 bridgehead atoms. The lowest BCUT2D eigenvalue weighted by Gasteiger charge is -2.08. The minimum atomic E-state index is -3.32. The van der Waals surface area contributed by atoms with E-state index in [0.29, 0.717) is 31.0 Å². The van der Waals surface area contributed by atoms with E-state index in [1.54, 1.807) is 31.2 Å². The highest BCUT2D eigenvalue weighted by Crippen LogP contribution is 2.15. The Kier molecular flexibility index (Phi) is 9.00. The van der Waals surface area contributed by atoms with Crippen molar-refractivity contribution in [3.05, 3.63) is 24.3 Å². The molecule has 21 heavy (non-hydrogen) atoms. The lowest BCUT2D eigenvalue weighted by molar-refractivity contribution is -0.113. The molecule has 1 amide bonds. The highest BCUT2D eigenvalue weighted by molar-refractivity contribution is 7.92. The number of hydrogen-bond acceptors (Lipinski definition) is 5. The SMILES string of the molecule is CCCS(=O)(=O)CC(=O)Nc1ccc(OCCN)cc1.Cl. The van der Waals surface area contributed by atoms with Gasteiger partial charge in [0, 0.05) is 12.2 Å². The summed E-state index contributed by atoms with van der Waals surface area (Å²) in [5, 5.41) is 2.54. The van der Waals surface area contributed by atoms with Crippen molar-refractivity contribution in [1.82, 2.24) is 0 Å². The number of hydrogen-bond donors (Lipinski definition) is 2. The van der Waals surface area contributed by atoms with Crippen LogP contribution in [0.3, 0.4) is 0 Å². The van der Waals surface area contributed by atoms with Crippen LogP contribution in [0.1, 0.15) is 13.3 Å². The summed E-state index contributed by atoms with van der Waals surface area (Å²) in [6.45, 7) is 2.60. The summed E-state index contributed by atoms with van der Waals surface area (Å²) in [4.78, 5) is 11.6. The molecular weight excluding hydrogens is 316 g/mol. The molecule has 1 aromatic carbocycles. The highest BCUT2D eigenvalue weighted by Gasteiger charge is 2.15. The normalized spacial score (nSPS) is 10.6. The predicted octanol–water partition coefficient (Wildman–Crippen LogP) is 1.21. The van der Waals surface area contributed by atoms with Gasteiger partial charge in [-0.25, -0.2) is 8.42 Å². The van der Waals surface area contributed by atoms with Crippen LogP contribution in [0.5, 0.6) is 5.75 Å².